The van der Waals surface area contributed by atoms with Crippen molar-refractivity contribution in [2.24, 2.45) is 5.41 Å². The highest BCUT2D eigenvalue weighted by Gasteiger charge is 2.22. The van der Waals surface area contributed by atoms with Crippen molar-refractivity contribution < 1.29 is 0 Å². The van der Waals surface area contributed by atoms with E-state index in [-0.39, 0.29) is 5.41 Å². The summed E-state index contributed by atoms with van der Waals surface area (Å²) in [6, 6.07) is 8.73. The van der Waals surface area contributed by atoms with E-state index in [1.165, 1.54) is 5.52 Å². The normalized spacial score (nSPS) is 14.4. The number of aromatic nitrogens is 2. The van der Waals surface area contributed by atoms with E-state index in [2.05, 4.69) is 55.4 Å². The molecule has 0 amide bonds. The molecule has 15 heavy (non-hydrogen) atoms. The van der Waals surface area contributed by atoms with Crippen LogP contribution in [0.1, 0.15) is 33.7 Å². The summed E-state index contributed by atoms with van der Waals surface area (Å²) in [7, 11) is 0. The standard InChI is InChI=1S/C13H18N2/c1-10(13(2,3)4)15-9-14-11-7-5-6-8-12(11)15/h5-10H,1-4H3/t10-/m1/s1. The lowest BCUT2D eigenvalue weighted by Gasteiger charge is -2.28. The van der Waals surface area contributed by atoms with E-state index in [4.69, 9.17) is 0 Å². The van der Waals surface area contributed by atoms with Gasteiger partial charge in [0.25, 0.3) is 0 Å². The number of imidazole rings is 1. The molecule has 1 heterocycles. The maximum atomic E-state index is 4.42. The molecule has 0 aliphatic heterocycles. The summed E-state index contributed by atoms with van der Waals surface area (Å²) in [6.45, 7) is 9.01. The molecule has 0 unspecified atom stereocenters. The van der Waals surface area contributed by atoms with Gasteiger partial charge in [0.2, 0.25) is 0 Å². The minimum Gasteiger partial charge on any atom is -0.327 e. The Bertz CT molecular complexity index is 463. The molecule has 1 aromatic carbocycles. The van der Waals surface area contributed by atoms with Crippen LogP contribution in [0, 0.1) is 5.41 Å². The Balaban J connectivity index is 2.53. The summed E-state index contributed by atoms with van der Waals surface area (Å²) >= 11 is 0. The number of para-hydroxylation sites is 2. The third-order valence-electron chi connectivity index (χ3n) is 3.15. The van der Waals surface area contributed by atoms with E-state index in [0.29, 0.717) is 6.04 Å². The van der Waals surface area contributed by atoms with Crippen LogP contribution in [0.5, 0.6) is 0 Å². The number of nitrogens with zero attached hydrogens (tertiary/aromatic N) is 2. The van der Waals surface area contributed by atoms with E-state index in [1.54, 1.807) is 0 Å². The Labute approximate surface area is 90.9 Å². The molecule has 0 aliphatic rings. The summed E-state index contributed by atoms with van der Waals surface area (Å²) in [5, 5.41) is 0. The largest absolute Gasteiger partial charge is 0.327 e. The Hall–Kier alpha value is -1.31. The van der Waals surface area contributed by atoms with Crippen LogP contribution in [0.3, 0.4) is 0 Å². The Morgan fingerprint density at radius 2 is 1.87 bits per heavy atom. The SMILES string of the molecule is C[C@@H](n1cnc2ccccc21)C(C)(C)C. The van der Waals surface area contributed by atoms with Crippen LogP contribution in [0.4, 0.5) is 0 Å². The molecule has 0 saturated heterocycles. The zero-order valence-electron chi connectivity index (χ0n) is 9.86. The van der Waals surface area contributed by atoms with Gasteiger partial charge >= 0.3 is 0 Å². The van der Waals surface area contributed by atoms with Crippen molar-refractivity contribution in [2.75, 3.05) is 0 Å². The van der Waals surface area contributed by atoms with Gasteiger partial charge in [0.15, 0.2) is 0 Å². The minimum atomic E-state index is 0.253. The molecular formula is C13H18N2. The van der Waals surface area contributed by atoms with E-state index < -0.39 is 0 Å². The van der Waals surface area contributed by atoms with Crippen LogP contribution in [0.15, 0.2) is 30.6 Å². The van der Waals surface area contributed by atoms with Crippen molar-refractivity contribution >= 4 is 11.0 Å². The lowest BCUT2D eigenvalue weighted by Crippen LogP contribution is -2.20. The Kier molecular flexibility index (Phi) is 2.29. The predicted molar refractivity (Wildman–Crippen MR) is 63.9 cm³/mol. The summed E-state index contributed by atoms with van der Waals surface area (Å²) in [5.74, 6) is 0. The van der Waals surface area contributed by atoms with Gasteiger partial charge in [-0.1, -0.05) is 32.9 Å². The molecule has 2 rings (SSSR count). The molecule has 0 radical (unpaired) electrons. The second-order valence-electron chi connectivity index (χ2n) is 5.18. The molecule has 0 fully saturated rings. The highest BCUT2D eigenvalue weighted by molar-refractivity contribution is 5.75. The van der Waals surface area contributed by atoms with E-state index in [1.807, 2.05) is 12.4 Å². The average molecular weight is 202 g/mol. The molecule has 0 bridgehead atoms. The molecule has 2 heteroatoms. The second-order valence-corrected chi connectivity index (χ2v) is 5.18. The first kappa shape index (κ1) is 10.2. The quantitative estimate of drug-likeness (QED) is 0.690. The van der Waals surface area contributed by atoms with Gasteiger partial charge in [0.1, 0.15) is 0 Å². The Morgan fingerprint density at radius 3 is 2.53 bits per heavy atom. The number of rotatable bonds is 1. The first-order valence-electron chi connectivity index (χ1n) is 5.42. The lowest BCUT2D eigenvalue weighted by atomic mass is 9.88. The first-order chi connectivity index (χ1) is 7.00. The third kappa shape index (κ3) is 1.76. The van der Waals surface area contributed by atoms with Gasteiger partial charge in [-0.3, -0.25) is 0 Å². The fraction of sp³-hybridized carbons (Fsp3) is 0.462. The first-order valence-corrected chi connectivity index (χ1v) is 5.42. The molecule has 0 N–H and O–H groups in total. The molecule has 2 nitrogen and oxygen atoms in total. The van der Waals surface area contributed by atoms with E-state index in [0.717, 1.165) is 5.52 Å². The van der Waals surface area contributed by atoms with Gasteiger partial charge in [-0.05, 0) is 24.5 Å². The van der Waals surface area contributed by atoms with Crippen LogP contribution in [-0.2, 0) is 0 Å². The van der Waals surface area contributed by atoms with Crippen molar-refractivity contribution in [3.8, 4) is 0 Å². The molecule has 0 aliphatic carbocycles. The number of fused-ring (bicyclic) bond motifs is 1. The molecule has 2 aromatic rings. The monoisotopic (exact) mass is 202 g/mol. The van der Waals surface area contributed by atoms with Gasteiger partial charge in [-0.15, -0.1) is 0 Å². The molecule has 80 valence electrons. The van der Waals surface area contributed by atoms with Crippen LogP contribution < -0.4 is 0 Å². The zero-order chi connectivity index (χ0) is 11.1. The maximum absolute atomic E-state index is 4.42. The van der Waals surface area contributed by atoms with E-state index >= 15 is 0 Å². The fourth-order valence-electron chi connectivity index (χ4n) is 1.70. The molecule has 0 saturated carbocycles. The highest BCUT2D eigenvalue weighted by Crippen LogP contribution is 2.32. The lowest BCUT2D eigenvalue weighted by molar-refractivity contribution is 0.267. The second kappa shape index (κ2) is 3.37. The van der Waals surface area contributed by atoms with Crippen molar-refractivity contribution in [3.05, 3.63) is 30.6 Å². The summed E-state index contributed by atoms with van der Waals surface area (Å²) in [6.07, 6.45) is 1.95. The van der Waals surface area contributed by atoms with Crippen LogP contribution in [0.25, 0.3) is 11.0 Å². The molecule has 1 atom stereocenters. The van der Waals surface area contributed by atoms with Crippen molar-refractivity contribution in [2.45, 2.75) is 33.7 Å². The average Bonchev–Trinajstić information content (AvgIpc) is 2.58. The molecular weight excluding hydrogens is 184 g/mol. The predicted octanol–water partition coefficient (Wildman–Crippen LogP) is 3.64. The van der Waals surface area contributed by atoms with Gasteiger partial charge in [0.05, 0.1) is 17.4 Å². The molecule has 0 spiro atoms. The van der Waals surface area contributed by atoms with Gasteiger partial charge < -0.3 is 4.57 Å². The van der Waals surface area contributed by atoms with Crippen molar-refractivity contribution in [1.29, 1.82) is 0 Å². The highest BCUT2D eigenvalue weighted by atomic mass is 15.1. The smallest absolute Gasteiger partial charge is 0.0961 e. The molecule has 1 aromatic heterocycles. The minimum absolute atomic E-state index is 0.253. The van der Waals surface area contributed by atoms with Gasteiger partial charge in [0, 0.05) is 6.04 Å². The third-order valence-corrected chi connectivity index (χ3v) is 3.15. The zero-order valence-corrected chi connectivity index (χ0v) is 9.86. The van der Waals surface area contributed by atoms with Crippen LogP contribution in [0.2, 0.25) is 0 Å². The number of hydrogen-bond acceptors (Lipinski definition) is 1. The van der Waals surface area contributed by atoms with Crippen LogP contribution >= 0.6 is 0 Å². The fourth-order valence-corrected chi connectivity index (χ4v) is 1.70. The van der Waals surface area contributed by atoms with Crippen LogP contribution in [-0.4, -0.2) is 9.55 Å². The van der Waals surface area contributed by atoms with Crippen molar-refractivity contribution in [1.82, 2.24) is 9.55 Å². The van der Waals surface area contributed by atoms with E-state index in [9.17, 15) is 0 Å². The summed E-state index contributed by atoms with van der Waals surface area (Å²) in [5.41, 5.74) is 2.55. The number of hydrogen-bond donors (Lipinski definition) is 0. The maximum Gasteiger partial charge on any atom is 0.0961 e. The number of benzene rings is 1. The van der Waals surface area contributed by atoms with Gasteiger partial charge in [-0.2, -0.15) is 0 Å². The topological polar surface area (TPSA) is 17.8 Å². The van der Waals surface area contributed by atoms with Gasteiger partial charge in [-0.25, -0.2) is 4.98 Å². The van der Waals surface area contributed by atoms with Crippen molar-refractivity contribution in [3.63, 3.8) is 0 Å². The summed E-state index contributed by atoms with van der Waals surface area (Å²) in [4.78, 5) is 4.42. The Morgan fingerprint density at radius 1 is 1.20 bits per heavy atom. The summed E-state index contributed by atoms with van der Waals surface area (Å²) < 4.78 is 2.26.